The van der Waals surface area contributed by atoms with Crippen LogP contribution in [-0.4, -0.2) is 46.4 Å². The van der Waals surface area contributed by atoms with Crippen LogP contribution in [0.1, 0.15) is 84.5 Å². The molecule has 2 rings (SSSR count). The molecule has 31 heavy (non-hydrogen) atoms. The number of pyridine rings is 1. The number of halogens is 1. The van der Waals surface area contributed by atoms with Crippen molar-refractivity contribution in [3.8, 4) is 0 Å². The van der Waals surface area contributed by atoms with E-state index in [0.717, 1.165) is 42.8 Å². The van der Waals surface area contributed by atoms with Gasteiger partial charge in [0.05, 0.1) is 5.69 Å². The monoisotopic (exact) mass is 455 g/mol. The molecule has 1 aliphatic rings. The smallest absolute Gasteiger partial charge is 0.419 e. The van der Waals surface area contributed by atoms with Crippen molar-refractivity contribution in [1.82, 2.24) is 15.2 Å². The summed E-state index contributed by atoms with van der Waals surface area (Å²) in [6.45, 7) is 11.7. The van der Waals surface area contributed by atoms with E-state index in [1.54, 1.807) is 41.5 Å². The quantitative estimate of drug-likeness (QED) is 0.576. The molecular formula is C23H38ClN3O4. The van der Waals surface area contributed by atoms with Gasteiger partial charge in [-0.25, -0.2) is 14.5 Å². The van der Waals surface area contributed by atoms with Gasteiger partial charge in [0, 0.05) is 18.8 Å². The number of hydrogen-bond donors (Lipinski definition) is 1. The maximum atomic E-state index is 12.5. The van der Waals surface area contributed by atoms with Gasteiger partial charge < -0.3 is 14.8 Å². The highest BCUT2D eigenvalue weighted by atomic mass is 35.5. The van der Waals surface area contributed by atoms with Gasteiger partial charge in [-0.1, -0.05) is 6.07 Å². The molecule has 0 unspecified atom stereocenters. The first kappa shape index (κ1) is 27.2. The summed E-state index contributed by atoms with van der Waals surface area (Å²) >= 11 is 0. The van der Waals surface area contributed by atoms with Gasteiger partial charge in [-0.15, -0.1) is 12.4 Å². The number of aryl methyl sites for hydroxylation is 1. The van der Waals surface area contributed by atoms with E-state index >= 15 is 0 Å². The lowest BCUT2D eigenvalue weighted by atomic mass is 9.92. The predicted octanol–water partition coefficient (Wildman–Crippen LogP) is 5.42. The molecule has 1 aliphatic carbocycles. The lowest BCUT2D eigenvalue weighted by Gasteiger charge is -2.28. The van der Waals surface area contributed by atoms with Crippen LogP contribution in [0.2, 0.25) is 0 Å². The third kappa shape index (κ3) is 9.44. The maximum Gasteiger partial charge on any atom is 0.419 e. The molecule has 0 radical (unpaired) electrons. The van der Waals surface area contributed by atoms with E-state index in [1.165, 1.54) is 5.56 Å². The molecule has 0 saturated heterocycles. The highest BCUT2D eigenvalue weighted by Gasteiger charge is 2.30. The van der Waals surface area contributed by atoms with E-state index < -0.39 is 23.4 Å². The van der Waals surface area contributed by atoms with E-state index in [9.17, 15) is 9.59 Å². The van der Waals surface area contributed by atoms with Gasteiger partial charge in [0.25, 0.3) is 0 Å². The minimum atomic E-state index is -0.680. The van der Waals surface area contributed by atoms with E-state index in [1.807, 2.05) is 12.3 Å². The molecule has 1 N–H and O–H groups in total. The number of nitrogens with zero attached hydrogens (tertiary/aromatic N) is 2. The van der Waals surface area contributed by atoms with Gasteiger partial charge in [-0.3, -0.25) is 4.98 Å². The Hall–Kier alpha value is -1.86. The van der Waals surface area contributed by atoms with Gasteiger partial charge in [0.1, 0.15) is 11.2 Å². The molecule has 1 aromatic rings. The van der Waals surface area contributed by atoms with Crippen LogP contribution in [0.15, 0.2) is 18.3 Å². The van der Waals surface area contributed by atoms with E-state index in [-0.39, 0.29) is 25.0 Å². The topological polar surface area (TPSA) is 80.8 Å². The molecule has 1 aromatic heterocycles. The standard InChI is InChI=1S/C23H37N3O4.ClH/c1-22(2,3)29-20(27)26(21(28)30-23(4,5)6)16-8-7-14-24-18-13-9-11-17-12-10-15-25-19(17)18;/h10,12,15,18,24H,7-9,11,13-14,16H2,1-6H3;1H/t18-;/m0./s1. The van der Waals surface area contributed by atoms with Crippen molar-refractivity contribution in [2.45, 2.75) is 90.9 Å². The van der Waals surface area contributed by atoms with Gasteiger partial charge in [-0.2, -0.15) is 0 Å². The molecule has 0 fully saturated rings. The van der Waals surface area contributed by atoms with Gasteiger partial charge in [0.2, 0.25) is 0 Å². The number of carbonyl (C=O) groups excluding carboxylic acids is 2. The number of carbonyl (C=O) groups is 2. The van der Waals surface area contributed by atoms with Crippen molar-refractivity contribution < 1.29 is 19.1 Å². The average Bonchev–Trinajstić information content (AvgIpc) is 2.61. The SMILES string of the molecule is CC(C)(C)OC(=O)N(CCCCN[C@H]1CCCc2cccnc21)C(=O)OC(C)(C)C.Cl. The Balaban J connectivity index is 0.00000480. The first-order valence-electron chi connectivity index (χ1n) is 10.9. The summed E-state index contributed by atoms with van der Waals surface area (Å²) in [5, 5.41) is 3.57. The summed E-state index contributed by atoms with van der Waals surface area (Å²) in [6, 6.07) is 4.40. The second kappa shape index (κ2) is 11.7. The van der Waals surface area contributed by atoms with Crippen LogP contribution in [0.5, 0.6) is 0 Å². The van der Waals surface area contributed by atoms with Crippen molar-refractivity contribution in [2.75, 3.05) is 13.1 Å². The van der Waals surface area contributed by atoms with Crippen LogP contribution >= 0.6 is 12.4 Å². The van der Waals surface area contributed by atoms with E-state index in [0.29, 0.717) is 6.42 Å². The van der Waals surface area contributed by atoms with Gasteiger partial charge in [-0.05, 0) is 91.8 Å². The lowest BCUT2D eigenvalue weighted by molar-refractivity contribution is 0.00120. The second-order valence-corrected chi connectivity index (χ2v) is 9.77. The van der Waals surface area contributed by atoms with Crippen LogP contribution in [0.25, 0.3) is 0 Å². The Labute approximate surface area is 192 Å². The maximum absolute atomic E-state index is 12.5. The Morgan fingerprint density at radius 3 is 2.29 bits per heavy atom. The molecule has 7 nitrogen and oxygen atoms in total. The molecule has 2 amide bonds. The number of amides is 2. The normalized spacial score (nSPS) is 16.0. The summed E-state index contributed by atoms with van der Waals surface area (Å²) in [6.07, 6.45) is 5.30. The largest absolute Gasteiger partial charge is 0.443 e. The van der Waals surface area contributed by atoms with Crippen molar-refractivity contribution >= 4 is 24.6 Å². The lowest BCUT2D eigenvalue weighted by Crippen LogP contribution is -2.44. The third-order valence-electron chi connectivity index (χ3n) is 4.62. The number of ether oxygens (including phenoxy) is 2. The molecular weight excluding hydrogens is 418 g/mol. The summed E-state index contributed by atoms with van der Waals surface area (Å²) in [4.78, 5) is 30.6. The zero-order valence-corrected chi connectivity index (χ0v) is 20.5. The minimum absolute atomic E-state index is 0. The summed E-state index contributed by atoms with van der Waals surface area (Å²) in [5.41, 5.74) is 1.11. The number of fused-ring (bicyclic) bond motifs is 1. The van der Waals surface area contributed by atoms with E-state index in [4.69, 9.17) is 9.47 Å². The zero-order valence-electron chi connectivity index (χ0n) is 19.7. The van der Waals surface area contributed by atoms with Crippen LogP contribution < -0.4 is 5.32 Å². The molecule has 1 atom stereocenters. The summed E-state index contributed by atoms with van der Waals surface area (Å²) < 4.78 is 10.8. The Kier molecular flexibility index (Phi) is 10.2. The van der Waals surface area contributed by atoms with Crippen molar-refractivity contribution in [3.05, 3.63) is 29.6 Å². The molecule has 0 aliphatic heterocycles. The number of hydrogen-bond acceptors (Lipinski definition) is 6. The Morgan fingerprint density at radius 1 is 1.10 bits per heavy atom. The Bertz CT molecular complexity index is 700. The van der Waals surface area contributed by atoms with Crippen molar-refractivity contribution in [3.63, 3.8) is 0 Å². The van der Waals surface area contributed by atoms with Gasteiger partial charge >= 0.3 is 12.2 Å². The van der Waals surface area contributed by atoms with Crippen LogP contribution in [0.3, 0.4) is 0 Å². The zero-order chi connectivity index (χ0) is 22.4. The average molecular weight is 456 g/mol. The first-order chi connectivity index (χ1) is 14.0. The van der Waals surface area contributed by atoms with Gasteiger partial charge in [0.15, 0.2) is 0 Å². The van der Waals surface area contributed by atoms with Crippen LogP contribution in [0.4, 0.5) is 9.59 Å². The number of rotatable bonds is 6. The fourth-order valence-electron chi connectivity index (χ4n) is 3.37. The summed E-state index contributed by atoms with van der Waals surface area (Å²) in [7, 11) is 0. The number of aromatic nitrogens is 1. The molecule has 0 spiro atoms. The second-order valence-electron chi connectivity index (χ2n) is 9.77. The fraction of sp³-hybridized carbons (Fsp3) is 0.696. The molecule has 0 aromatic carbocycles. The first-order valence-corrected chi connectivity index (χ1v) is 10.9. The van der Waals surface area contributed by atoms with Crippen molar-refractivity contribution in [2.24, 2.45) is 0 Å². The molecule has 176 valence electrons. The van der Waals surface area contributed by atoms with Crippen molar-refractivity contribution in [1.29, 1.82) is 0 Å². The molecule has 0 bridgehead atoms. The van der Waals surface area contributed by atoms with E-state index in [2.05, 4.69) is 16.4 Å². The highest BCUT2D eigenvalue weighted by Crippen LogP contribution is 2.27. The third-order valence-corrected chi connectivity index (χ3v) is 4.62. The predicted molar refractivity (Wildman–Crippen MR) is 124 cm³/mol. The number of imide groups is 1. The minimum Gasteiger partial charge on any atom is -0.443 e. The fourth-order valence-corrected chi connectivity index (χ4v) is 3.37. The van der Waals surface area contributed by atoms with Crippen LogP contribution in [0, 0.1) is 0 Å². The molecule has 1 heterocycles. The highest BCUT2D eigenvalue weighted by molar-refractivity contribution is 5.88. The summed E-state index contributed by atoms with van der Waals surface area (Å²) in [5.74, 6) is 0. The van der Waals surface area contributed by atoms with Crippen LogP contribution in [-0.2, 0) is 15.9 Å². The number of unbranched alkanes of at least 4 members (excludes halogenated alkanes) is 1. The molecule has 0 saturated carbocycles. The number of nitrogens with one attached hydrogen (secondary N) is 1. The molecule has 8 heteroatoms. The Morgan fingerprint density at radius 2 is 1.71 bits per heavy atom.